The van der Waals surface area contributed by atoms with Gasteiger partial charge >= 0.3 is 0 Å². The molecule has 4 rings (SSSR count). The number of ether oxygens (including phenoxy) is 2. The Morgan fingerprint density at radius 3 is 2.80 bits per heavy atom. The second-order valence-electron chi connectivity index (χ2n) is 6.39. The number of rotatable bonds is 5. The summed E-state index contributed by atoms with van der Waals surface area (Å²) in [4.78, 5) is 15.7. The minimum Gasteiger partial charge on any atom is -0.347 e. The molecule has 0 aromatic carbocycles. The molecule has 0 atom stereocenters. The molecular weight excluding hydrogens is 340 g/mol. The first-order valence-corrected chi connectivity index (χ1v) is 9.45. The van der Waals surface area contributed by atoms with Crippen molar-refractivity contribution in [3.8, 4) is 0 Å². The topological polar surface area (TPSA) is 68.6 Å². The van der Waals surface area contributed by atoms with Gasteiger partial charge in [0.1, 0.15) is 5.82 Å². The number of likely N-dealkylation sites (tertiary alicyclic amines) is 1. The Labute approximate surface area is 150 Å². The van der Waals surface area contributed by atoms with Crippen molar-refractivity contribution >= 4 is 23.1 Å². The molecule has 1 spiro atoms. The maximum atomic E-state index is 12.4. The highest BCUT2D eigenvalue weighted by Crippen LogP contribution is 2.31. The largest absolute Gasteiger partial charge is 0.347 e. The molecule has 8 heteroatoms. The smallest absolute Gasteiger partial charge is 0.239 e. The normalized spacial score (nSPS) is 20.2. The van der Waals surface area contributed by atoms with Crippen molar-refractivity contribution in [2.45, 2.75) is 25.2 Å². The molecule has 2 aromatic rings. The van der Waals surface area contributed by atoms with Gasteiger partial charge in [0.25, 0.3) is 0 Å². The molecule has 1 amide bonds. The van der Waals surface area contributed by atoms with Gasteiger partial charge < -0.3 is 14.8 Å². The first kappa shape index (κ1) is 16.7. The van der Waals surface area contributed by atoms with Crippen molar-refractivity contribution in [1.82, 2.24) is 14.7 Å². The zero-order chi connectivity index (χ0) is 17.1. The molecule has 134 valence electrons. The quantitative estimate of drug-likeness (QED) is 0.878. The monoisotopic (exact) mass is 362 g/mol. The summed E-state index contributed by atoms with van der Waals surface area (Å²) in [6.45, 7) is 4.01. The lowest BCUT2D eigenvalue weighted by molar-refractivity contribution is -0.185. The van der Waals surface area contributed by atoms with E-state index >= 15 is 0 Å². The summed E-state index contributed by atoms with van der Waals surface area (Å²) in [5, 5.41) is 9.31. The van der Waals surface area contributed by atoms with E-state index in [9.17, 15) is 4.79 Å². The van der Waals surface area contributed by atoms with Crippen LogP contribution in [0.1, 0.15) is 17.7 Å². The molecule has 4 heterocycles. The number of piperidine rings is 1. The van der Waals surface area contributed by atoms with Crippen LogP contribution in [-0.4, -0.2) is 59.2 Å². The minimum absolute atomic E-state index is 0.0165. The second-order valence-corrected chi connectivity index (χ2v) is 7.42. The summed E-state index contributed by atoms with van der Waals surface area (Å²) < 4.78 is 13.3. The lowest BCUT2D eigenvalue weighted by Crippen LogP contribution is -2.47. The summed E-state index contributed by atoms with van der Waals surface area (Å²) in [5.41, 5.74) is 0. The van der Waals surface area contributed by atoms with Crippen LogP contribution >= 0.6 is 11.3 Å². The number of aromatic nitrogens is 2. The summed E-state index contributed by atoms with van der Waals surface area (Å²) in [7, 11) is 0. The number of carbonyl (C=O) groups is 1. The Kier molecular flexibility index (Phi) is 4.85. The molecule has 25 heavy (non-hydrogen) atoms. The molecule has 2 saturated heterocycles. The summed E-state index contributed by atoms with van der Waals surface area (Å²) in [6.07, 6.45) is 3.34. The molecule has 2 fully saturated rings. The van der Waals surface area contributed by atoms with Gasteiger partial charge in [0.2, 0.25) is 5.91 Å². The first-order chi connectivity index (χ1) is 12.2. The van der Waals surface area contributed by atoms with E-state index in [2.05, 4.69) is 21.4 Å². The molecular formula is C17H22N4O3S. The highest BCUT2D eigenvalue weighted by atomic mass is 32.1. The second kappa shape index (κ2) is 7.25. The van der Waals surface area contributed by atoms with Crippen molar-refractivity contribution in [1.29, 1.82) is 0 Å². The minimum atomic E-state index is -0.397. The van der Waals surface area contributed by atoms with Crippen LogP contribution in [0.5, 0.6) is 0 Å². The SMILES string of the molecule is O=C(CN1CCC2(CC1)OCCO2)Nc1ccnn1Cc1cccs1. The average Bonchev–Trinajstić information content (AvgIpc) is 3.35. The van der Waals surface area contributed by atoms with Crippen LogP contribution in [0.2, 0.25) is 0 Å². The Morgan fingerprint density at radius 1 is 1.28 bits per heavy atom. The predicted octanol–water partition coefficient (Wildman–Crippen LogP) is 1.77. The van der Waals surface area contributed by atoms with E-state index in [1.807, 2.05) is 22.2 Å². The third-order valence-electron chi connectivity index (χ3n) is 4.67. The van der Waals surface area contributed by atoms with Gasteiger partial charge in [-0.1, -0.05) is 6.07 Å². The van der Waals surface area contributed by atoms with Crippen LogP contribution in [0.4, 0.5) is 5.82 Å². The number of hydrogen-bond donors (Lipinski definition) is 1. The van der Waals surface area contributed by atoms with Crippen LogP contribution in [0.25, 0.3) is 0 Å². The highest BCUT2D eigenvalue weighted by molar-refractivity contribution is 7.09. The van der Waals surface area contributed by atoms with E-state index in [0.29, 0.717) is 26.3 Å². The predicted molar refractivity (Wildman–Crippen MR) is 94.6 cm³/mol. The van der Waals surface area contributed by atoms with Crippen LogP contribution in [0.3, 0.4) is 0 Å². The fraction of sp³-hybridized carbons (Fsp3) is 0.529. The molecule has 1 N–H and O–H groups in total. The summed E-state index contributed by atoms with van der Waals surface area (Å²) in [6, 6.07) is 5.91. The molecule has 0 unspecified atom stereocenters. The maximum absolute atomic E-state index is 12.4. The van der Waals surface area contributed by atoms with Crippen molar-refractivity contribution in [3.63, 3.8) is 0 Å². The zero-order valence-corrected chi connectivity index (χ0v) is 14.8. The molecule has 7 nitrogen and oxygen atoms in total. The zero-order valence-electron chi connectivity index (χ0n) is 14.0. The number of hydrogen-bond acceptors (Lipinski definition) is 6. The fourth-order valence-corrected chi connectivity index (χ4v) is 4.02. The summed E-state index contributed by atoms with van der Waals surface area (Å²) in [5.74, 6) is 0.318. The highest BCUT2D eigenvalue weighted by Gasteiger charge is 2.39. The Bertz CT molecular complexity index is 699. The Morgan fingerprint density at radius 2 is 2.08 bits per heavy atom. The third-order valence-corrected chi connectivity index (χ3v) is 5.53. The van der Waals surface area contributed by atoms with Gasteiger partial charge in [-0.25, -0.2) is 4.68 Å². The van der Waals surface area contributed by atoms with E-state index in [1.54, 1.807) is 17.5 Å². The van der Waals surface area contributed by atoms with Gasteiger partial charge in [-0.05, 0) is 11.4 Å². The fourth-order valence-electron chi connectivity index (χ4n) is 3.34. The van der Waals surface area contributed by atoms with Crippen molar-refractivity contribution in [2.75, 3.05) is 38.2 Å². The number of nitrogens with zero attached hydrogens (tertiary/aromatic N) is 3. The molecule has 2 aromatic heterocycles. The molecule has 0 saturated carbocycles. The van der Waals surface area contributed by atoms with E-state index in [1.165, 1.54) is 4.88 Å². The number of nitrogens with one attached hydrogen (secondary N) is 1. The van der Waals surface area contributed by atoms with Crippen LogP contribution in [-0.2, 0) is 20.8 Å². The maximum Gasteiger partial charge on any atom is 0.239 e. The lowest BCUT2D eigenvalue weighted by Gasteiger charge is -2.37. The van der Waals surface area contributed by atoms with Gasteiger partial charge in [-0.15, -0.1) is 11.3 Å². The van der Waals surface area contributed by atoms with E-state index in [0.717, 1.165) is 31.7 Å². The van der Waals surface area contributed by atoms with Gasteiger partial charge in [0, 0.05) is 36.9 Å². The number of anilines is 1. The molecule has 0 radical (unpaired) electrons. The van der Waals surface area contributed by atoms with Gasteiger partial charge in [0.05, 0.1) is 32.5 Å². The van der Waals surface area contributed by atoms with Crippen molar-refractivity contribution in [3.05, 3.63) is 34.7 Å². The Hall–Kier alpha value is -1.74. The van der Waals surface area contributed by atoms with Crippen LogP contribution < -0.4 is 5.32 Å². The average molecular weight is 362 g/mol. The Balaban J connectivity index is 1.29. The number of thiophene rings is 1. The van der Waals surface area contributed by atoms with Gasteiger partial charge in [-0.3, -0.25) is 9.69 Å². The standard InChI is InChI=1S/C17H22N4O3S/c22-16(13-20-7-4-17(5-8-20)23-9-10-24-17)19-15-3-6-18-21(15)12-14-2-1-11-25-14/h1-3,6,11H,4-5,7-10,12-13H2,(H,19,22). The molecule has 0 aliphatic carbocycles. The van der Waals surface area contributed by atoms with Crippen LogP contribution in [0.15, 0.2) is 29.8 Å². The van der Waals surface area contributed by atoms with E-state index in [-0.39, 0.29) is 5.91 Å². The van der Waals surface area contributed by atoms with E-state index in [4.69, 9.17) is 9.47 Å². The van der Waals surface area contributed by atoms with Crippen molar-refractivity contribution < 1.29 is 14.3 Å². The van der Waals surface area contributed by atoms with Crippen molar-refractivity contribution in [2.24, 2.45) is 0 Å². The van der Waals surface area contributed by atoms with Crippen LogP contribution in [0, 0.1) is 0 Å². The van der Waals surface area contributed by atoms with Gasteiger partial charge in [-0.2, -0.15) is 5.10 Å². The first-order valence-electron chi connectivity index (χ1n) is 8.57. The molecule has 0 bridgehead atoms. The van der Waals surface area contributed by atoms with Gasteiger partial charge in [0.15, 0.2) is 5.79 Å². The molecule has 2 aliphatic rings. The number of carbonyl (C=O) groups excluding carboxylic acids is 1. The molecule has 2 aliphatic heterocycles. The number of amides is 1. The summed E-state index contributed by atoms with van der Waals surface area (Å²) >= 11 is 1.68. The third kappa shape index (κ3) is 3.92. The lowest BCUT2D eigenvalue weighted by atomic mass is 10.0. The van der Waals surface area contributed by atoms with E-state index < -0.39 is 5.79 Å².